The van der Waals surface area contributed by atoms with E-state index < -0.39 is 64.9 Å². The van der Waals surface area contributed by atoms with Crippen LogP contribution in [0.4, 0.5) is 26.3 Å². The smallest absolute Gasteiger partial charge is 0.437 e. The van der Waals surface area contributed by atoms with Gasteiger partial charge in [0.2, 0.25) is 0 Å². The highest BCUT2D eigenvalue weighted by atomic mass is 32.2. The maximum Gasteiger partial charge on any atom is 0.437 e. The number of halogens is 6. The molecule has 18 heteroatoms. The van der Waals surface area contributed by atoms with Crippen molar-refractivity contribution in [1.82, 2.24) is 0 Å². The van der Waals surface area contributed by atoms with Crippen molar-refractivity contribution < 1.29 is 61.2 Å². The molecular formula is C34H22F6N2O8S2. The third kappa shape index (κ3) is 9.67. The Morgan fingerprint density at radius 1 is 0.442 bits per heavy atom. The van der Waals surface area contributed by atoms with Gasteiger partial charge in [-0.1, -0.05) is 52.8 Å². The summed E-state index contributed by atoms with van der Waals surface area (Å²) in [5.41, 5.74) is -4.74. The average Bonchev–Trinajstić information content (AvgIpc) is 3.09. The van der Waals surface area contributed by atoms with Gasteiger partial charge in [0, 0.05) is 11.1 Å². The first kappa shape index (κ1) is 37.4. The van der Waals surface area contributed by atoms with Gasteiger partial charge in [0.05, 0.1) is 0 Å². The second-order valence-corrected chi connectivity index (χ2v) is 13.3. The molecule has 0 amide bonds. The van der Waals surface area contributed by atoms with Gasteiger partial charge in [-0.15, -0.1) is 0 Å². The van der Waals surface area contributed by atoms with Gasteiger partial charge in [0.15, 0.2) is 11.4 Å². The molecule has 0 aliphatic heterocycles. The van der Waals surface area contributed by atoms with E-state index in [0.717, 1.165) is 42.5 Å². The minimum absolute atomic E-state index is 0.156. The molecule has 5 rings (SSSR count). The van der Waals surface area contributed by atoms with Crippen molar-refractivity contribution in [1.29, 1.82) is 0 Å². The van der Waals surface area contributed by atoms with Crippen LogP contribution in [-0.4, -0.2) is 40.6 Å². The normalized spacial score (nSPS) is 13.0. The molecule has 0 unspecified atom stereocenters. The van der Waals surface area contributed by atoms with Crippen LogP contribution in [0.1, 0.15) is 11.1 Å². The standard InChI is InChI=1S/C34H22F6N2O8S2/c35-33(36,37)31(23-14-18-27(19-15-23)47-25-8-3-1-4-9-25)41-49-51(43,44)29-12-7-13-30(22-29)52(45,46)50-42-32(34(38,39)40)24-16-20-28(21-17-24)48-26-10-5-2-6-11-26/h1-22H. The molecule has 0 bridgehead atoms. The topological polar surface area (TPSA) is 130 Å². The van der Waals surface area contributed by atoms with Gasteiger partial charge in [-0.25, -0.2) is 0 Å². The van der Waals surface area contributed by atoms with E-state index in [1.54, 1.807) is 60.7 Å². The second kappa shape index (κ2) is 15.2. The van der Waals surface area contributed by atoms with E-state index in [1.807, 2.05) is 0 Å². The summed E-state index contributed by atoms with van der Waals surface area (Å²) >= 11 is 0. The lowest BCUT2D eigenvalue weighted by molar-refractivity contribution is -0.0606. The van der Waals surface area contributed by atoms with Crippen molar-refractivity contribution in [3.8, 4) is 23.0 Å². The third-order valence-corrected chi connectivity index (χ3v) is 8.79. The Balaban J connectivity index is 1.34. The van der Waals surface area contributed by atoms with Crippen molar-refractivity contribution in [3.63, 3.8) is 0 Å². The first-order valence-corrected chi connectivity index (χ1v) is 17.3. The highest BCUT2D eigenvalue weighted by molar-refractivity contribution is 7.87. The number of nitrogens with zero attached hydrogens (tertiary/aromatic N) is 2. The zero-order valence-electron chi connectivity index (χ0n) is 25.9. The van der Waals surface area contributed by atoms with Crippen LogP contribution in [0.5, 0.6) is 23.0 Å². The van der Waals surface area contributed by atoms with E-state index in [-0.39, 0.29) is 11.5 Å². The molecule has 5 aromatic rings. The number of hydrogen-bond donors (Lipinski definition) is 0. The molecular weight excluding hydrogens is 743 g/mol. The molecule has 0 spiro atoms. The Kier molecular flexibility index (Phi) is 10.9. The van der Waals surface area contributed by atoms with Gasteiger partial charge >= 0.3 is 32.6 Å². The summed E-state index contributed by atoms with van der Waals surface area (Å²) in [5, 5.41) is 5.59. The zero-order valence-corrected chi connectivity index (χ0v) is 27.6. The molecule has 0 fully saturated rings. The fraction of sp³-hybridized carbons (Fsp3) is 0.0588. The summed E-state index contributed by atoms with van der Waals surface area (Å²) in [6, 6.07) is 27.8. The van der Waals surface area contributed by atoms with Crippen LogP contribution in [0.3, 0.4) is 0 Å². The number of ether oxygens (including phenoxy) is 2. The van der Waals surface area contributed by atoms with Crippen LogP contribution in [0.15, 0.2) is 154 Å². The number of para-hydroxylation sites is 2. The summed E-state index contributed by atoms with van der Waals surface area (Å²) in [6.45, 7) is 0. The van der Waals surface area contributed by atoms with E-state index in [9.17, 15) is 43.2 Å². The maximum atomic E-state index is 13.9. The minimum Gasteiger partial charge on any atom is -0.457 e. The number of rotatable bonds is 12. The number of hydrogen-bond acceptors (Lipinski definition) is 10. The highest BCUT2D eigenvalue weighted by Crippen LogP contribution is 2.29. The number of alkyl halides is 6. The molecule has 0 radical (unpaired) electrons. The van der Waals surface area contributed by atoms with Crippen LogP contribution < -0.4 is 9.47 Å². The molecule has 0 aliphatic rings. The Morgan fingerprint density at radius 2 is 0.769 bits per heavy atom. The third-order valence-electron chi connectivity index (χ3n) is 6.59. The quantitative estimate of drug-likeness (QED) is 0.0702. The first-order chi connectivity index (χ1) is 24.5. The summed E-state index contributed by atoms with van der Waals surface area (Å²) in [4.78, 5) is -2.05. The van der Waals surface area contributed by atoms with Crippen LogP contribution in [-0.2, 0) is 28.8 Å². The molecule has 0 saturated heterocycles. The molecule has 0 saturated carbocycles. The van der Waals surface area contributed by atoms with Gasteiger partial charge in [0.1, 0.15) is 32.8 Å². The van der Waals surface area contributed by atoms with Crippen LogP contribution in [0, 0.1) is 0 Å². The number of oxime groups is 2. The van der Waals surface area contributed by atoms with Crippen molar-refractivity contribution in [2.24, 2.45) is 10.3 Å². The van der Waals surface area contributed by atoms with Crippen LogP contribution in [0.25, 0.3) is 0 Å². The molecule has 10 nitrogen and oxygen atoms in total. The predicted molar refractivity (Wildman–Crippen MR) is 174 cm³/mol. The van der Waals surface area contributed by atoms with Crippen molar-refractivity contribution >= 4 is 31.7 Å². The fourth-order valence-corrected chi connectivity index (χ4v) is 5.82. The van der Waals surface area contributed by atoms with Crippen molar-refractivity contribution in [3.05, 3.63) is 145 Å². The largest absolute Gasteiger partial charge is 0.457 e. The van der Waals surface area contributed by atoms with Crippen LogP contribution >= 0.6 is 0 Å². The molecule has 0 atom stereocenters. The SMILES string of the molecule is O=S(=O)(ON=C(c1ccc(Oc2ccccc2)cc1)C(F)(F)F)c1cccc(S(=O)(=O)ON=C(c2ccc(Oc3ccccc3)cc2)C(F)(F)F)c1. The van der Waals surface area contributed by atoms with Gasteiger partial charge in [-0.2, -0.15) is 43.2 Å². The Hall–Kier alpha value is -5.88. The Bertz CT molecular complexity index is 2120. The highest BCUT2D eigenvalue weighted by Gasteiger charge is 2.40. The van der Waals surface area contributed by atoms with Gasteiger partial charge < -0.3 is 9.47 Å². The molecule has 0 N–H and O–H groups in total. The van der Waals surface area contributed by atoms with E-state index >= 15 is 0 Å². The van der Waals surface area contributed by atoms with Crippen molar-refractivity contribution in [2.75, 3.05) is 0 Å². The predicted octanol–water partition coefficient (Wildman–Crippen LogP) is 8.62. The van der Waals surface area contributed by atoms with E-state index in [2.05, 4.69) is 18.9 Å². The lowest BCUT2D eigenvalue weighted by atomic mass is 10.1. The fourth-order valence-electron chi connectivity index (χ4n) is 4.19. The number of benzene rings is 5. The summed E-state index contributed by atoms with van der Waals surface area (Å²) in [7, 11) is -10.5. The van der Waals surface area contributed by atoms with E-state index in [0.29, 0.717) is 17.6 Å². The lowest BCUT2D eigenvalue weighted by Crippen LogP contribution is -2.25. The second-order valence-electron chi connectivity index (χ2n) is 10.3. The Labute approximate surface area is 292 Å². The Morgan fingerprint density at radius 3 is 1.10 bits per heavy atom. The van der Waals surface area contributed by atoms with Gasteiger partial charge in [-0.3, -0.25) is 8.57 Å². The minimum atomic E-state index is -5.24. The molecule has 270 valence electrons. The first-order valence-electron chi connectivity index (χ1n) is 14.5. The zero-order chi connectivity index (χ0) is 37.6. The average molecular weight is 765 g/mol. The molecule has 0 aromatic heterocycles. The van der Waals surface area contributed by atoms with Crippen LogP contribution in [0.2, 0.25) is 0 Å². The van der Waals surface area contributed by atoms with E-state index in [1.165, 1.54) is 24.3 Å². The molecule has 52 heavy (non-hydrogen) atoms. The maximum absolute atomic E-state index is 13.9. The summed E-state index contributed by atoms with van der Waals surface area (Å²) in [5.74, 6) is 1.11. The molecule has 0 heterocycles. The summed E-state index contributed by atoms with van der Waals surface area (Å²) in [6.07, 6.45) is -10.4. The molecule has 5 aromatic carbocycles. The monoisotopic (exact) mass is 764 g/mol. The summed E-state index contributed by atoms with van der Waals surface area (Å²) < 4.78 is 154. The molecule has 0 aliphatic carbocycles. The van der Waals surface area contributed by atoms with Crippen molar-refractivity contribution in [2.45, 2.75) is 22.1 Å². The van der Waals surface area contributed by atoms with Gasteiger partial charge in [0.25, 0.3) is 0 Å². The van der Waals surface area contributed by atoms with Gasteiger partial charge in [-0.05, 0) is 91.0 Å². The lowest BCUT2D eigenvalue weighted by Gasteiger charge is -2.12. The van der Waals surface area contributed by atoms with E-state index in [4.69, 9.17) is 9.47 Å².